The molecule has 18 heavy (non-hydrogen) atoms. The van der Waals surface area contributed by atoms with Crippen LogP contribution in [-0.2, 0) is 13.5 Å². The fourth-order valence-electron chi connectivity index (χ4n) is 2.08. The van der Waals surface area contributed by atoms with Crippen LogP contribution >= 0.6 is 11.3 Å². The topological polar surface area (TPSA) is 3.88 Å². The molecule has 2 aromatic carbocycles. The van der Waals surface area contributed by atoms with Gasteiger partial charge in [0.05, 0.1) is 6.42 Å². The highest BCUT2D eigenvalue weighted by Crippen LogP contribution is 2.21. The molecule has 0 saturated carbocycles. The number of thiazole rings is 1. The quantitative estimate of drug-likeness (QED) is 0.454. The summed E-state index contributed by atoms with van der Waals surface area (Å²) in [6.07, 6.45) is 1.01. The monoisotopic (exact) mass is 367 g/mol. The number of fused-ring (bicyclic) bond motifs is 1. The molecule has 3 heteroatoms. The van der Waals surface area contributed by atoms with E-state index in [1.54, 1.807) is 0 Å². The number of aryl methyl sites for hydroxylation is 1. The highest BCUT2D eigenvalue weighted by Gasteiger charge is 2.15. The summed E-state index contributed by atoms with van der Waals surface area (Å²) < 4.78 is 3.66. The second-order valence-corrected chi connectivity index (χ2v) is 5.30. The summed E-state index contributed by atoms with van der Waals surface area (Å²) in [5.41, 5.74) is 2.69. The van der Waals surface area contributed by atoms with Crippen LogP contribution in [0.5, 0.6) is 0 Å². The van der Waals surface area contributed by atoms with Crippen molar-refractivity contribution in [1.82, 2.24) is 0 Å². The smallest absolute Gasteiger partial charge is 0.242 e. The van der Waals surface area contributed by atoms with Gasteiger partial charge in [-0.3, -0.25) is 0 Å². The van der Waals surface area contributed by atoms with Crippen LogP contribution in [-0.4, -0.2) is 0 Å². The number of benzene rings is 2. The van der Waals surface area contributed by atoms with E-state index >= 15 is 0 Å². The number of para-hydroxylation sites is 1. The number of hydrogen-bond acceptors (Lipinski definition) is 1. The molecule has 1 heterocycles. The molecule has 0 fully saturated rings. The molecular weight excluding hydrogens is 353 g/mol. The summed E-state index contributed by atoms with van der Waals surface area (Å²) in [5.74, 6) is 0. The first kappa shape index (κ1) is 13.5. The van der Waals surface area contributed by atoms with Gasteiger partial charge in [-0.2, -0.15) is 4.57 Å². The molecule has 0 N–H and O–H groups in total. The fraction of sp³-hybridized carbons (Fsp3) is 0.133. The number of hydrogen-bond donors (Lipinski definition) is 0. The minimum absolute atomic E-state index is 0. The Hall–Kier alpha value is -0.940. The first-order valence-electron chi connectivity index (χ1n) is 5.75. The Labute approximate surface area is 128 Å². The average Bonchev–Trinajstić information content (AvgIpc) is 2.68. The zero-order chi connectivity index (χ0) is 11.7. The van der Waals surface area contributed by atoms with Gasteiger partial charge in [0.1, 0.15) is 11.7 Å². The molecule has 92 valence electrons. The maximum absolute atomic E-state index is 2.30. The summed E-state index contributed by atoms with van der Waals surface area (Å²) in [6, 6.07) is 19.2. The van der Waals surface area contributed by atoms with Gasteiger partial charge in [-0.1, -0.05) is 53.8 Å². The summed E-state index contributed by atoms with van der Waals surface area (Å²) in [5, 5.41) is 1.40. The molecule has 0 atom stereocenters. The Kier molecular flexibility index (Phi) is 4.35. The SMILES string of the molecule is C[n+]1c(Cc2ccccc2)sc2ccccc21.[I-]. The van der Waals surface area contributed by atoms with E-state index in [4.69, 9.17) is 0 Å². The van der Waals surface area contributed by atoms with E-state index < -0.39 is 0 Å². The van der Waals surface area contributed by atoms with Crippen LogP contribution < -0.4 is 28.5 Å². The van der Waals surface area contributed by atoms with Gasteiger partial charge in [0.25, 0.3) is 0 Å². The van der Waals surface area contributed by atoms with Crippen LogP contribution in [0.15, 0.2) is 54.6 Å². The molecule has 0 aliphatic carbocycles. The predicted octanol–water partition coefficient (Wildman–Crippen LogP) is 0.321. The largest absolute Gasteiger partial charge is 1.00 e. The highest BCUT2D eigenvalue weighted by molar-refractivity contribution is 7.18. The third kappa shape index (κ3) is 2.57. The van der Waals surface area contributed by atoms with Crippen LogP contribution in [0.3, 0.4) is 0 Å². The second-order valence-electron chi connectivity index (χ2n) is 4.18. The lowest BCUT2D eigenvalue weighted by atomic mass is 10.2. The van der Waals surface area contributed by atoms with Crippen molar-refractivity contribution in [2.45, 2.75) is 6.42 Å². The Morgan fingerprint density at radius 2 is 1.61 bits per heavy atom. The Morgan fingerprint density at radius 3 is 2.33 bits per heavy atom. The van der Waals surface area contributed by atoms with Crippen LogP contribution in [0.1, 0.15) is 10.6 Å². The average molecular weight is 367 g/mol. The summed E-state index contributed by atoms with van der Waals surface area (Å²) in [7, 11) is 2.15. The maximum Gasteiger partial charge on any atom is 0.242 e. The minimum atomic E-state index is 0. The number of rotatable bonds is 2. The van der Waals surface area contributed by atoms with Gasteiger partial charge < -0.3 is 24.0 Å². The van der Waals surface area contributed by atoms with Crippen molar-refractivity contribution in [2.24, 2.45) is 7.05 Å². The molecule has 0 unspecified atom stereocenters. The molecule has 0 spiro atoms. The molecule has 3 aromatic rings. The molecular formula is C15H14INS. The van der Waals surface area contributed by atoms with Gasteiger partial charge in [-0.25, -0.2) is 0 Å². The van der Waals surface area contributed by atoms with Crippen LogP contribution in [0.2, 0.25) is 0 Å². The molecule has 0 saturated heterocycles. The molecule has 0 bridgehead atoms. The third-order valence-electron chi connectivity index (χ3n) is 3.03. The molecule has 0 radical (unpaired) electrons. The van der Waals surface area contributed by atoms with Crippen molar-refractivity contribution in [3.05, 3.63) is 65.2 Å². The van der Waals surface area contributed by atoms with Crippen molar-refractivity contribution in [2.75, 3.05) is 0 Å². The van der Waals surface area contributed by atoms with E-state index in [1.807, 2.05) is 11.3 Å². The van der Waals surface area contributed by atoms with Gasteiger partial charge in [0.15, 0.2) is 0 Å². The lowest BCUT2D eigenvalue weighted by Gasteiger charge is -1.95. The standard InChI is InChI=1S/C15H14NS.HI/c1-16-13-9-5-6-10-14(13)17-15(16)11-12-7-3-2-4-8-12;/h2-10H,11H2,1H3;1H/q+1;/p-1. The van der Waals surface area contributed by atoms with Gasteiger partial charge in [0.2, 0.25) is 10.5 Å². The molecule has 0 aliphatic heterocycles. The van der Waals surface area contributed by atoms with Crippen molar-refractivity contribution in [3.63, 3.8) is 0 Å². The number of nitrogens with zero attached hydrogens (tertiary/aromatic N) is 1. The second kappa shape index (κ2) is 5.80. The van der Waals surface area contributed by atoms with E-state index in [0.29, 0.717) is 0 Å². The maximum atomic E-state index is 2.30. The van der Waals surface area contributed by atoms with Crippen molar-refractivity contribution in [3.8, 4) is 0 Å². The normalized spacial score (nSPS) is 10.3. The Balaban J connectivity index is 0.00000120. The van der Waals surface area contributed by atoms with Crippen molar-refractivity contribution >= 4 is 21.6 Å². The molecule has 0 aliphatic rings. The number of halogens is 1. The molecule has 1 aromatic heterocycles. The van der Waals surface area contributed by atoms with Crippen molar-refractivity contribution in [1.29, 1.82) is 0 Å². The van der Waals surface area contributed by atoms with Gasteiger partial charge in [-0.05, 0) is 11.6 Å². The van der Waals surface area contributed by atoms with Crippen molar-refractivity contribution < 1.29 is 28.5 Å². The van der Waals surface area contributed by atoms with Crippen LogP contribution in [0.25, 0.3) is 10.2 Å². The summed E-state index contributed by atoms with van der Waals surface area (Å²) in [6.45, 7) is 0. The number of aromatic nitrogens is 1. The Bertz CT molecular complexity index is 646. The van der Waals surface area contributed by atoms with Gasteiger partial charge in [-0.15, -0.1) is 0 Å². The Morgan fingerprint density at radius 1 is 0.944 bits per heavy atom. The third-order valence-corrected chi connectivity index (χ3v) is 4.25. The van der Waals surface area contributed by atoms with Crippen LogP contribution in [0, 0.1) is 0 Å². The first-order valence-corrected chi connectivity index (χ1v) is 6.56. The van der Waals surface area contributed by atoms with E-state index in [2.05, 4.69) is 66.2 Å². The lowest BCUT2D eigenvalue weighted by Crippen LogP contribution is -3.00. The molecule has 1 nitrogen and oxygen atoms in total. The summed E-state index contributed by atoms with van der Waals surface area (Å²) >= 11 is 1.88. The zero-order valence-electron chi connectivity index (χ0n) is 10.1. The minimum Gasteiger partial charge on any atom is -1.00 e. The fourth-order valence-corrected chi connectivity index (χ4v) is 3.26. The van der Waals surface area contributed by atoms with E-state index in [9.17, 15) is 0 Å². The van der Waals surface area contributed by atoms with Gasteiger partial charge >= 0.3 is 0 Å². The molecule has 3 rings (SSSR count). The van der Waals surface area contributed by atoms with Gasteiger partial charge in [0, 0.05) is 6.07 Å². The lowest BCUT2D eigenvalue weighted by molar-refractivity contribution is -0.647. The highest BCUT2D eigenvalue weighted by atomic mass is 127. The first-order chi connectivity index (χ1) is 8.34. The van der Waals surface area contributed by atoms with E-state index in [1.165, 1.54) is 20.8 Å². The van der Waals surface area contributed by atoms with Crippen LogP contribution in [0.4, 0.5) is 0 Å². The zero-order valence-corrected chi connectivity index (χ0v) is 13.1. The molecule has 0 amide bonds. The van der Waals surface area contributed by atoms with E-state index in [-0.39, 0.29) is 24.0 Å². The predicted molar refractivity (Wildman–Crippen MR) is 72.2 cm³/mol. The summed E-state index contributed by atoms with van der Waals surface area (Å²) in [4.78, 5) is 0. The van der Waals surface area contributed by atoms with E-state index in [0.717, 1.165) is 6.42 Å².